The Hall–Kier alpha value is -1.86. The standard InChI is InChI=1S/C16H21N3O/c1-3-12-8-9-18-15(10-12)16(20)19(2)14-6-4-13(11-17)5-7-14/h4-7,12,15,18H,3,8-10H2,1-2H3. The Morgan fingerprint density at radius 1 is 1.45 bits per heavy atom. The van der Waals surface area contributed by atoms with Gasteiger partial charge in [0.15, 0.2) is 0 Å². The molecule has 1 N–H and O–H groups in total. The number of hydrogen-bond donors (Lipinski definition) is 1. The van der Waals surface area contributed by atoms with Crippen LogP contribution in [0.25, 0.3) is 0 Å². The first kappa shape index (κ1) is 14.5. The second-order valence-electron chi connectivity index (χ2n) is 5.36. The van der Waals surface area contributed by atoms with Crippen molar-refractivity contribution in [3.8, 4) is 6.07 Å². The van der Waals surface area contributed by atoms with Crippen LogP contribution in [0.2, 0.25) is 0 Å². The predicted octanol–water partition coefficient (Wildman–Crippen LogP) is 2.30. The number of nitrogens with zero attached hydrogens (tertiary/aromatic N) is 2. The summed E-state index contributed by atoms with van der Waals surface area (Å²) in [7, 11) is 1.79. The van der Waals surface area contributed by atoms with Gasteiger partial charge in [-0.2, -0.15) is 5.26 Å². The van der Waals surface area contributed by atoms with Crippen LogP contribution >= 0.6 is 0 Å². The van der Waals surface area contributed by atoms with Crippen molar-refractivity contribution in [2.75, 3.05) is 18.5 Å². The van der Waals surface area contributed by atoms with E-state index in [1.807, 2.05) is 12.1 Å². The van der Waals surface area contributed by atoms with E-state index in [4.69, 9.17) is 5.26 Å². The normalized spacial score (nSPS) is 22.1. The molecule has 0 saturated carbocycles. The first-order valence-electron chi connectivity index (χ1n) is 7.16. The quantitative estimate of drug-likeness (QED) is 0.917. The minimum absolute atomic E-state index is 0.0886. The molecule has 1 aromatic rings. The van der Waals surface area contributed by atoms with Gasteiger partial charge in [0.1, 0.15) is 0 Å². The zero-order valence-electron chi connectivity index (χ0n) is 12.1. The lowest BCUT2D eigenvalue weighted by Gasteiger charge is -2.31. The molecule has 0 aliphatic carbocycles. The maximum Gasteiger partial charge on any atom is 0.243 e. The Kier molecular flexibility index (Phi) is 4.75. The van der Waals surface area contributed by atoms with Gasteiger partial charge in [0, 0.05) is 12.7 Å². The topological polar surface area (TPSA) is 56.1 Å². The second kappa shape index (κ2) is 6.53. The number of piperidine rings is 1. The summed E-state index contributed by atoms with van der Waals surface area (Å²) in [4.78, 5) is 14.2. The fourth-order valence-corrected chi connectivity index (χ4v) is 2.68. The van der Waals surface area contributed by atoms with Gasteiger partial charge in [-0.05, 0) is 49.6 Å². The van der Waals surface area contributed by atoms with Gasteiger partial charge in [-0.15, -0.1) is 0 Å². The number of amides is 1. The highest BCUT2D eigenvalue weighted by Crippen LogP contribution is 2.22. The molecule has 1 amide bonds. The van der Waals surface area contributed by atoms with Crippen molar-refractivity contribution >= 4 is 11.6 Å². The smallest absolute Gasteiger partial charge is 0.243 e. The molecule has 1 aliphatic rings. The fourth-order valence-electron chi connectivity index (χ4n) is 2.68. The summed E-state index contributed by atoms with van der Waals surface area (Å²) >= 11 is 0. The summed E-state index contributed by atoms with van der Waals surface area (Å²) in [6.07, 6.45) is 3.20. The van der Waals surface area contributed by atoms with Crippen LogP contribution in [-0.2, 0) is 4.79 Å². The number of benzene rings is 1. The van der Waals surface area contributed by atoms with E-state index in [0.717, 1.165) is 31.5 Å². The number of anilines is 1. The average molecular weight is 271 g/mol. The largest absolute Gasteiger partial charge is 0.314 e. The van der Waals surface area contributed by atoms with Crippen molar-refractivity contribution in [2.45, 2.75) is 32.2 Å². The molecule has 4 heteroatoms. The van der Waals surface area contributed by atoms with E-state index in [1.165, 1.54) is 0 Å². The lowest BCUT2D eigenvalue weighted by atomic mass is 9.90. The van der Waals surface area contributed by atoms with Gasteiger partial charge in [-0.3, -0.25) is 4.79 Å². The number of likely N-dealkylation sites (N-methyl/N-ethyl adjacent to an activating group) is 1. The number of carbonyl (C=O) groups is 1. The monoisotopic (exact) mass is 271 g/mol. The van der Waals surface area contributed by atoms with Gasteiger partial charge in [-0.25, -0.2) is 0 Å². The van der Waals surface area contributed by atoms with E-state index in [-0.39, 0.29) is 11.9 Å². The summed E-state index contributed by atoms with van der Waals surface area (Å²) in [6, 6.07) is 9.10. The predicted molar refractivity (Wildman–Crippen MR) is 79.4 cm³/mol. The van der Waals surface area contributed by atoms with Crippen LogP contribution in [0.4, 0.5) is 5.69 Å². The third kappa shape index (κ3) is 3.17. The average Bonchev–Trinajstić information content (AvgIpc) is 2.53. The Morgan fingerprint density at radius 2 is 2.15 bits per heavy atom. The Balaban J connectivity index is 2.05. The van der Waals surface area contributed by atoms with Crippen molar-refractivity contribution in [2.24, 2.45) is 5.92 Å². The molecule has 2 unspecified atom stereocenters. The Bertz CT molecular complexity index is 503. The molecule has 0 radical (unpaired) electrons. The molecule has 106 valence electrons. The number of rotatable bonds is 3. The molecule has 1 saturated heterocycles. The van der Waals surface area contributed by atoms with E-state index >= 15 is 0 Å². The SMILES string of the molecule is CCC1CCNC(C(=O)N(C)c2ccc(C#N)cc2)C1. The number of nitriles is 1. The highest BCUT2D eigenvalue weighted by atomic mass is 16.2. The van der Waals surface area contributed by atoms with Crippen LogP contribution < -0.4 is 10.2 Å². The van der Waals surface area contributed by atoms with Gasteiger partial charge < -0.3 is 10.2 Å². The summed E-state index contributed by atoms with van der Waals surface area (Å²) in [5, 5.41) is 12.1. The van der Waals surface area contributed by atoms with Crippen LogP contribution in [0.5, 0.6) is 0 Å². The van der Waals surface area contributed by atoms with Crippen molar-refractivity contribution in [3.05, 3.63) is 29.8 Å². The zero-order chi connectivity index (χ0) is 14.5. The summed E-state index contributed by atoms with van der Waals surface area (Å²) < 4.78 is 0. The summed E-state index contributed by atoms with van der Waals surface area (Å²) in [5.74, 6) is 0.743. The first-order chi connectivity index (χ1) is 9.65. The number of carbonyl (C=O) groups excluding carboxylic acids is 1. The minimum atomic E-state index is -0.0886. The zero-order valence-corrected chi connectivity index (χ0v) is 12.1. The Labute approximate surface area is 120 Å². The third-order valence-electron chi connectivity index (χ3n) is 4.10. The van der Waals surface area contributed by atoms with Gasteiger partial charge in [0.2, 0.25) is 5.91 Å². The van der Waals surface area contributed by atoms with Crippen LogP contribution in [0, 0.1) is 17.2 Å². The molecule has 0 spiro atoms. The van der Waals surface area contributed by atoms with Crippen LogP contribution in [-0.4, -0.2) is 25.5 Å². The van der Waals surface area contributed by atoms with Crippen molar-refractivity contribution in [3.63, 3.8) is 0 Å². The van der Waals surface area contributed by atoms with E-state index in [1.54, 1.807) is 24.1 Å². The summed E-state index contributed by atoms with van der Waals surface area (Å²) in [5.41, 5.74) is 1.44. The first-order valence-corrected chi connectivity index (χ1v) is 7.16. The van der Waals surface area contributed by atoms with Crippen molar-refractivity contribution < 1.29 is 4.79 Å². The highest BCUT2D eigenvalue weighted by molar-refractivity contribution is 5.96. The van der Waals surface area contributed by atoms with E-state index < -0.39 is 0 Å². The lowest BCUT2D eigenvalue weighted by molar-refractivity contribution is -0.121. The van der Waals surface area contributed by atoms with Crippen molar-refractivity contribution in [1.29, 1.82) is 5.26 Å². The van der Waals surface area contributed by atoms with Gasteiger partial charge >= 0.3 is 0 Å². The van der Waals surface area contributed by atoms with E-state index in [0.29, 0.717) is 11.5 Å². The molecule has 1 fully saturated rings. The molecule has 1 heterocycles. The Morgan fingerprint density at radius 3 is 2.75 bits per heavy atom. The summed E-state index contributed by atoms with van der Waals surface area (Å²) in [6.45, 7) is 3.10. The van der Waals surface area contributed by atoms with E-state index in [2.05, 4.69) is 18.3 Å². The molecule has 0 bridgehead atoms. The molecule has 2 rings (SSSR count). The molecule has 2 atom stereocenters. The molecule has 0 aromatic heterocycles. The van der Waals surface area contributed by atoms with Gasteiger partial charge in [0.25, 0.3) is 0 Å². The number of nitrogens with one attached hydrogen (secondary N) is 1. The molecule has 4 nitrogen and oxygen atoms in total. The van der Waals surface area contributed by atoms with Gasteiger partial charge in [0.05, 0.1) is 17.7 Å². The molecular formula is C16H21N3O. The van der Waals surface area contributed by atoms with Gasteiger partial charge in [-0.1, -0.05) is 13.3 Å². The third-order valence-corrected chi connectivity index (χ3v) is 4.10. The highest BCUT2D eigenvalue weighted by Gasteiger charge is 2.28. The molecule has 1 aliphatic heterocycles. The van der Waals surface area contributed by atoms with Crippen LogP contribution in [0.1, 0.15) is 31.7 Å². The number of hydrogen-bond acceptors (Lipinski definition) is 3. The van der Waals surface area contributed by atoms with Crippen molar-refractivity contribution in [1.82, 2.24) is 5.32 Å². The molecule has 20 heavy (non-hydrogen) atoms. The van der Waals surface area contributed by atoms with Crippen LogP contribution in [0.15, 0.2) is 24.3 Å². The maximum absolute atomic E-state index is 12.5. The molecular weight excluding hydrogens is 250 g/mol. The lowest BCUT2D eigenvalue weighted by Crippen LogP contribution is -2.49. The minimum Gasteiger partial charge on any atom is -0.314 e. The maximum atomic E-state index is 12.5. The fraction of sp³-hybridized carbons (Fsp3) is 0.500. The van der Waals surface area contributed by atoms with E-state index in [9.17, 15) is 4.79 Å². The van der Waals surface area contributed by atoms with Crippen LogP contribution in [0.3, 0.4) is 0 Å². The molecule has 1 aromatic carbocycles. The second-order valence-corrected chi connectivity index (χ2v) is 5.36.